The Labute approximate surface area is 125 Å². The molecular formula is C16H21N3O2. The normalized spacial score (nSPS) is 12.0. The first-order valence-electron chi connectivity index (χ1n) is 6.78. The molecule has 1 heterocycles. The molecule has 1 aromatic carbocycles. The maximum Gasteiger partial charge on any atom is 0.217 e. The first-order valence-corrected chi connectivity index (χ1v) is 6.78. The van der Waals surface area contributed by atoms with Gasteiger partial charge in [-0.05, 0) is 31.0 Å². The van der Waals surface area contributed by atoms with Gasteiger partial charge in [0.15, 0.2) is 0 Å². The zero-order chi connectivity index (χ0) is 15.2. The van der Waals surface area contributed by atoms with E-state index in [1.54, 1.807) is 20.4 Å². The van der Waals surface area contributed by atoms with Crippen molar-refractivity contribution in [3.8, 4) is 11.6 Å². The lowest BCUT2D eigenvalue weighted by Gasteiger charge is -2.19. The van der Waals surface area contributed by atoms with Crippen LogP contribution in [0.3, 0.4) is 0 Å². The van der Waals surface area contributed by atoms with E-state index in [1.165, 1.54) is 5.56 Å². The highest BCUT2D eigenvalue weighted by molar-refractivity contribution is 5.39. The van der Waals surface area contributed by atoms with Gasteiger partial charge in [0.2, 0.25) is 5.88 Å². The van der Waals surface area contributed by atoms with Crippen LogP contribution in [0.2, 0.25) is 0 Å². The molecule has 0 radical (unpaired) electrons. The van der Waals surface area contributed by atoms with E-state index >= 15 is 0 Å². The number of rotatable bonds is 6. The second-order valence-corrected chi connectivity index (χ2v) is 4.84. The van der Waals surface area contributed by atoms with Crippen LogP contribution < -0.4 is 20.7 Å². The summed E-state index contributed by atoms with van der Waals surface area (Å²) in [7, 11) is 3.27. The van der Waals surface area contributed by atoms with Crippen LogP contribution in [0.15, 0.2) is 36.5 Å². The highest BCUT2D eigenvalue weighted by Gasteiger charge is 2.18. The maximum absolute atomic E-state index is 5.73. The third kappa shape index (κ3) is 3.51. The third-order valence-corrected chi connectivity index (χ3v) is 3.43. The van der Waals surface area contributed by atoms with E-state index in [-0.39, 0.29) is 6.04 Å². The van der Waals surface area contributed by atoms with Crippen molar-refractivity contribution in [2.45, 2.75) is 19.4 Å². The summed E-state index contributed by atoms with van der Waals surface area (Å²) in [4.78, 5) is 4.22. The highest BCUT2D eigenvalue weighted by Crippen LogP contribution is 2.29. The van der Waals surface area contributed by atoms with Crippen molar-refractivity contribution >= 4 is 0 Å². The molecule has 0 aliphatic heterocycles. The number of nitrogens with two attached hydrogens (primary N) is 1. The van der Waals surface area contributed by atoms with Gasteiger partial charge in [0.05, 0.1) is 20.3 Å². The lowest BCUT2D eigenvalue weighted by atomic mass is 9.98. The van der Waals surface area contributed by atoms with Crippen LogP contribution in [-0.4, -0.2) is 19.2 Å². The number of pyridine rings is 1. The smallest absolute Gasteiger partial charge is 0.217 e. The Kier molecular flexibility index (Phi) is 5.14. The van der Waals surface area contributed by atoms with Crippen LogP contribution in [0.1, 0.15) is 22.7 Å². The minimum Gasteiger partial charge on any atom is -0.496 e. The second-order valence-electron chi connectivity index (χ2n) is 4.84. The monoisotopic (exact) mass is 287 g/mol. The van der Waals surface area contributed by atoms with Crippen molar-refractivity contribution < 1.29 is 9.47 Å². The Hall–Kier alpha value is -2.11. The Morgan fingerprint density at radius 1 is 1.24 bits per heavy atom. The summed E-state index contributed by atoms with van der Waals surface area (Å²) in [5.74, 6) is 7.16. The van der Waals surface area contributed by atoms with Gasteiger partial charge in [-0.2, -0.15) is 0 Å². The van der Waals surface area contributed by atoms with Crippen LogP contribution in [0.25, 0.3) is 0 Å². The van der Waals surface area contributed by atoms with Crippen LogP contribution in [0.5, 0.6) is 11.6 Å². The molecule has 0 spiro atoms. The zero-order valence-electron chi connectivity index (χ0n) is 12.6. The molecule has 1 aromatic heterocycles. The third-order valence-electron chi connectivity index (χ3n) is 3.43. The van der Waals surface area contributed by atoms with Crippen LogP contribution in [-0.2, 0) is 6.42 Å². The fourth-order valence-corrected chi connectivity index (χ4v) is 2.38. The van der Waals surface area contributed by atoms with Gasteiger partial charge >= 0.3 is 0 Å². The van der Waals surface area contributed by atoms with Gasteiger partial charge in [-0.25, -0.2) is 4.98 Å². The Morgan fingerprint density at radius 2 is 2.05 bits per heavy atom. The fourth-order valence-electron chi connectivity index (χ4n) is 2.38. The van der Waals surface area contributed by atoms with Gasteiger partial charge < -0.3 is 9.47 Å². The molecule has 0 saturated heterocycles. The van der Waals surface area contributed by atoms with Crippen molar-refractivity contribution in [3.63, 3.8) is 0 Å². The molecule has 1 atom stereocenters. The topological polar surface area (TPSA) is 69.4 Å². The van der Waals surface area contributed by atoms with E-state index in [1.807, 2.05) is 24.3 Å². The lowest BCUT2D eigenvalue weighted by molar-refractivity contribution is 0.379. The summed E-state index contributed by atoms with van der Waals surface area (Å²) < 4.78 is 10.7. The maximum atomic E-state index is 5.73. The molecular weight excluding hydrogens is 266 g/mol. The lowest BCUT2D eigenvalue weighted by Crippen LogP contribution is -2.30. The number of aryl methyl sites for hydroxylation is 1. The van der Waals surface area contributed by atoms with Gasteiger partial charge in [-0.3, -0.25) is 11.3 Å². The minimum atomic E-state index is -0.107. The molecule has 21 heavy (non-hydrogen) atoms. The predicted molar refractivity (Wildman–Crippen MR) is 82.3 cm³/mol. The Morgan fingerprint density at radius 3 is 2.71 bits per heavy atom. The number of nitrogens with one attached hydrogen (secondary N) is 1. The summed E-state index contributed by atoms with van der Waals surface area (Å²) in [6, 6.07) is 9.82. The van der Waals surface area contributed by atoms with Crippen molar-refractivity contribution in [1.29, 1.82) is 0 Å². The van der Waals surface area contributed by atoms with Gasteiger partial charge in [-0.1, -0.05) is 23.8 Å². The summed E-state index contributed by atoms with van der Waals surface area (Å²) in [5, 5.41) is 0. The van der Waals surface area contributed by atoms with E-state index in [9.17, 15) is 0 Å². The highest BCUT2D eigenvalue weighted by atomic mass is 16.5. The number of benzene rings is 1. The number of nitrogens with zero attached hydrogens (tertiary/aromatic N) is 1. The first-order chi connectivity index (χ1) is 10.2. The zero-order valence-corrected chi connectivity index (χ0v) is 12.6. The van der Waals surface area contributed by atoms with Crippen molar-refractivity contribution in [1.82, 2.24) is 10.4 Å². The number of methoxy groups -OCH3 is 2. The van der Waals surface area contributed by atoms with E-state index in [2.05, 4.69) is 23.4 Å². The van der Waals surface area contributed by atoms with Crippen molar-refractivity contribution in [2.24, 2.45) is 5.84 Å². The van der Waals surface area contributed by atoms with Gasteiger partial charge in [0.1, 0.15) is 5.75 Å². The quantitative estimate of drug-likeness (QED) is 0.629. The Balaban J connectivity index is 2.33. The predicted octanol–water partition coefficient (Wildman–Crippen LogP) is 2.15. The largest absolute Gasteiger partial charge is 0.496 e. The average Bonchev–Trinajstić information content (AvgIpc) is 2.52. The average molecular weight is 287 g/mol. The molecule has 5 nitrogen and oxygen atoms in total. The Bertz CT molecular complexity index is 602. The van der Waals surface area contributed by atoms with E-state index in [4.69, 9.17) is 15.3 Å². The number of hydrazine groups is 1. The van der Waals surface area contributed by atoms with Crippen LogP contribution in [0.4, 0.5) is 0 Å². The molecule has 1 unspecified atom stereocenters. The van der Waals surface area contributed by atoms with Crippen LogP contribution >= 0.6 is 0 Å². The number of hydrogen-bond donors (Lipinski definition) is 2. The van der Waals surface area contributed by atoms with E-state index in [0.717, 1.165) is 16.9 Å². The molecule has 0 aliphatic carbocycles. The first kappa shape index (κ1) is 15.3. The molecule has 0 fully saturated rings. The summed E-state index contributed by atoms with van der Waals surface area (Å²) in [5.41, 5.74) is 6.03. The van der Waals surface area contributed by atoms with Gasteiger partial charge in [0, 0.05) is 11.8 Å². The fraction of sp³-hybridized carbons (Fsp3) is 0.312. The number of ether oxygens (including phenoxy) is 2. The summed E-state index contributed by atoms with van der Waals surface area (Å²) in [6.45, 7) is 2.05. The molecule has 0 saturated carbocycles. The van der Waals surface area contributed by atoms with Crippen molar-refractivity contribution in [2.75, 3.05) is 14.2 Å². The molecule has 112 valence electrons. The van der Waals surface area contributed by atoms with Crippen LogP contribution in [0, 0.1) is 6.92 Å². The van der Waals surface area contributed by atoms with E-state index < -0.39 is 0 Å². The van der Waals surface area contributed by atoms with E-state index in [0.29, 0.717) is 12.3 Å². The molecule has 3 N–H and O–H groups in total. The molecule has 2 aromatic rings. The molecule has 0 amide bonds. The molecule has 5 heteroatoms. The summed E-state index contributed by atoms with van der Waals surface area (Å²) >= 11 is 0. The van der Waals surface area contributed by atoms with Crippen molar-refractivity contribution in [3.05, 3.63) is 53.2 Å². The molecule has 0 bridgehead atoms. The summed E-state index contributed by atoms with van der Waals surface area (Å²) in [6.07, 6.45) is 2.38. The molecule has 0 aliphatic rings. The molecule has 2 rings (SSSR count). The second kappa shape index (κ2) is 7.06. The standard InChI is InChI=1S/C16H21N3O2/c1-11-6-7-15(20-2)12(9-11)10-14(19-17)13-5-4-8-18-16(13)21-3/h4-9,14,19H,10,17H2,1-3H3. The van der Waals surface area contributed by atoms with Gasteiger partial charge in [-0.15, -0.1) is 0 Å². The SMILES string of the molecule is COc1ccc(C)cc1CC(NN)c1cccnc1OC. The number of aromatic nitrogens is 1. The van der Waals surface area contributed by atoms with Gasteiger partial charge in [0.25, 0.3) is 0 Å². The number of hydrogen-bond acceptors (Lipinski definition) is 5. The minimum absolute atomic E-state index is 0.107.